The molecule has 0 radical (unpaired) electrons. The lowest BCUT2D eigenvalue weighted by atomic mass is 9.59. The van der Waals surface area contributed by atoms with Gasteiger partial charge < -0.3 is 9.64 Å². The quantitative estimate of drug-likeness (QED) is 0.856. The van der Waals surface area contributed by atoms with Gasteiger partial charge >= 0.3 is 0 Å². The highest BCUT2D eigenvalue weighted by Gasteiger charge is 2.49. The second kappa shape index (κ2) is 7.58. The van der Waals surface area contributed by atoms with Crippen molar-refractivity contribution in [1.29, 1.82) is 0 Å². The zero-order chi connectivity index (χ0) is 18.0. The lowest BCUT2D eigenvalue weighted by Gasteiger charge is -2.54. The van der Waals surface area contributed by atoms with Crippen LogP contribution in [0.15, 0.2) is 35.2 Å². The monoisotopic (exact) mass is 378 g/mol. The summed E-state index contributed by atoms with van der Waals surface area (Å²) in [5.41, 5.74) is 0.175. The van der Waals surface area contributed by atoms with E-state index < -0.39 is 10.0 Å². The van der Waals surface area contributed by atoms with Crippen molar-refractivity contribution in [3.8, 4) is 0 Å². The smallest absolute Gasteiger partial charge is 0.240 e. The van der Waals surface area contributed by atoms with E-state index in [0.717, 1.165) is 57.9 Å². The number of nitrogens with zero attached hydrogens (tertiary/aromatic N) is 1. The van der Waals surface area contributed by atoms with E-state index in [1.807, 2.05) is 6.07 Å². The maximum absolute atomic E-state index is 12.7. The molecule has 1 spiro atoms. The van der Waals surface area contributed by atoms with Gasteiger partial charge in [0.1, 0.15) is 0 Å². The highest BCUT2D eigenvalue weighted by Crippen LogP contribution is 2.49. The fraction of sp³-hybridized carbons (Fsp3) is 0.700. The van der Waals surface area contributed by atoms with Gasteiger partial charge in [-0.05, 0) is 75.1 Å². The number of hydrogen-bond acceptors (Lipinski definition) is 4. The van der Waals surface area contributed by atoms with Gasteiger partial charge in [-0.3, -0.25) is 0 Å². The van der Waals surface area contributed by atoms with Crippen LogP contribution in [0.25, 0.3) is 0 Å². The largest absolute Gasteiger partial charge is 0.381 e. The molecule has 1 aromatic carbocycles. The Balaban J connectivity index is 1.32. The Kier molecular flexibility index (Phi) is 5.37. The molecule has 2 aliphatic heterocycles. The number of piperidine rings is 1. The zero-order valence-electron chi connectivity index (χ0n) is 15.4. The fourth-order valence-corrected chi connectivity index (χ4v) is 6.20. The Morgan fingerprint density at radius 2 is 1.73 bits per heavy atom. The van der Waals surface area contributed by atoms with E-state index in [2.05, 4.69) is 9.62 Å². The first-order valence-corrected chi connectivity index (χ1v) is 11.4. The summed E-state index contributed by atoms with van der Waals surface area (Å²) in [4.78, 5) is 2.96. The van der Waals surface area contributed by atoms with Gasteiger partial charge in [-0.25, -0.2) is 13.1 Å². The van der Waals surface area contributed by atoms with Crippen molar-refractivity contribution in [2.24, 2.45) is 11.3 Å². The van der Waals surface area contributed by atoms with Gasteiger partial charge in [0.25, 0.3) is 0 Å². The number of ether oxygens (including phenoxy) is 1. The third kappa shape index (κ3) is 3.84. The van der Waals surface area contributed by atoms with E-state index >= 15 is 0 Å². The number of sulfonamides is 1. The Hall–Kier alpha value is -0.950. The number of benzene rings is 1. The third-order valence-electron chi connectivity index (χ3n) is 6.73. The topological polar surface area (TPSA) is 58.6 Å². The van der Waals surface area contributed by atoms with Gasteiger partial charge in [0.15, 0.2) is 0 Å². The zero-order valence-corrected chi connectivity index (χ0v) is 16.2. The molecular formula is C20H30N2O3S. The molecule has 1 unspecified atom stereocenters. The van der Waals surface area contributed by atoms with Crippen LogP contribution in [0.2, 0.25) is 0 Å². The lowest BCUT2D eigenvalue weighted by Crippen LogP contribution is -2.59. The number of nitrogens with one attached hydrogen (secondary N) is 1. The summed E-state index contributed by atoms with van der Waals surface area (Å²) in [6.45, 7) is 5.19. The van der Waals surface area contributed by atoms with Crippen molar-refractivity contribution >= 4 is 10.0 Å². The Morgan fingerprint density at radius 1 is 1.04 bits per heavy atom. The standard InChI is InChI=1S/C20H30N2O3S/c23-26(24,18-4-2-1-3-5-18)21-19-6-9-20(19)10-12-22(13-11-20)16-17-7-14-25-15-8-17/h1-5,17,19,21H,6-16H2. The molecule has 4 rings (SSSR count). The van der Waals surface area contributed by atoms with Crippen molar-refractivity contribution in [2.75, 3.05) is 32.8 Å². The summed E-state index contributed by atoms with van der Waals surface area (Å²) in [7, 11) is -3.41. The van der Waals surface area contributed by atoms with Crippen LogP contribution in [-0.2, 0) is 14.8 Å². The van der Waals surface area contributed by atoms with Crippen molar-refractivity contribution in [1.82, 2.24) is 9.62 Å². The van der Waals surface area contributed by atoms with E-state index in [1.54, 1.807) is 24.3 Å². The summed E-state index contributed by atoms with van der Waals surface area (Å²) in [6.07, 6.45) is 6.70. The Bertz CT molecular complexity index is 693. The van der Waals surface area contributed by atoms with E-state index in [-0.39, 0.29) is 11.5 Å². The Morgan fingerprint density at radius 3 is 2.35 bits per heavy atom. The second-order valence-corrected chi connectivity index (χ2v) is 9.96. The van der Waals surface area contributed by atoms with Crippen molar-refractivity contribution in [2.45, 2.75) is 49.5 Å². The van der Waals surface area contributed by atoms with Crippen LogP contribution >= 0.6 is 0 Å². The first-order chi connectivity index (χ1) is 12.6. The minimum Gasteiger partial charge on any atom is -0.381 e. The minimum absolute atomic E-state index is 0.0953. The Labute approximate surface area is 157 Å². The molecule has 1 aliphatic carbocycles. The fourth-order valence-electron chi connectivity index (χ4n) is 4.81. The van der Waals surface area contributed by atoms with E-state index in [9.17, 15) is 8.42 Å². The first-order valence-electron chi connectivity index (χ1n) is 9.95. The number of rotatable bonds is 5. The van der Waals surface area contributed by atoms with E-state index in [1.165, 1.54) is 19.4 Å². The van der Waals surface area contributed by atoms with Crippen LogP contribution < -0.4 is 4.72 Å². The highest BCUT2D eigenvalue weighted by atomic mass is 32.2. The molecule has 1 atom stereocenters. The normalized spacial score (nSPS) is 27.3. The van der Waals surface area contributed by atoms with Crippen molar-refractivity contribution in [3.63, 3.8) is 0 Å². The minimum atomic E-state index is -3.41. The average molecular weight is 379 g/mol. The first kappa shape index (κ1) is 18.4. The molecule has 2 heterocycles. The molecule has 3 aliphatic rings. The van der Waals surface area contributed by atoms with Gasteiger partial charge in [-0.1, -0.05) is 18.2 Å². The summed E-state index contributed by atoms with van der Waals surface area (Å²) in [5.74, 6) is 0.770. The molecule has 0 amide bonds. The third-order valence-corrected chi connectivity index (χ3v) is 8.22. The van der Waals surface area contributed by atoms with Gasteiger partial charge in [-0.15, -0.1) is 0 Å². The lowest BCUT2D eigenvalue weighted by molar-refractivity contribution is -0.0100. The summed E-state index contributed by atoms with van der Waals surface area (Å²) in [6, 6.07) is 8.84. The van der Waals surface area contributed by atoms with Crippen LogP contribution in [0.3, 0.4) is 0 Å². The number of hydrogen-bond donors (Lipinski definition) is 1. The molecule has 1 aromatic rings. The molecule has 0 aromatic heterocycles. The van der Waals surface area contributed by atoms with Crippen LogP contribution in [0.4, 0.5) is 0 Å². The maximum atomic E-state index is 12.7. The molecule has 1 saturated carbocycles. The molecule has 5 nitrogen and oxygen atoms in total. The van der Waals surface area contributed by atoms with Crippen molar-refractivity contribution in [3.05, 3.63) is 30.3 Å². The average Bonchev–Trinajstić information content (AvgIpc) is 2.68. The molecule has 6 heteroatoms. The van der Waals surface area contributed by atoms with E-state index in [0.29, 0.717) is 4.90 Å². The van der Waals surface area contributed by atoms with Crippen LogP contribution in [0, 0.1) is 11.3 Å². The SMILES string of the molecule is O=S(=O)(NC1CCC12CCN(CC1CCOCC1)CC2)c1ccccc1. The highest BCUT2D eigenvalue weighted by molar-refractivity contribution is 7.89. The van der Waals surface area contributed by atoms with Crippen LogP contribution in [0.5, 0.6) is 0 Å². The molecule has 2 saturated heterocycles. The predicted octanol–water partition coefficient (Wildman–Crippen LogP) is 2.64. The molecule has 144 valence electrons. The summed E-state index contributed by atoms with van der Waals surface area (Å²) < 4.78 is 33.8. The van der Waals surface area contributed by atoms with Gasteiger partial charge in [-0.2, -0.15) is 0 Å². The number of likely N-dealkylation sites (tertiary alicyclic amines) is 1. The van der Waals surface area contributed by atoms with Gasteiger partial charge in [0, 0.05) is 25.8 Å². The molecule has 1 N–H and O–H groups in total. The molecule has 0 bridgehead atoms. The van der Waals surface area contributed by atoms with Gasteiger partial charge in [0.05, 0.1) is 4.90 Å². The van der Waals surface area contributed by atoms with Crippen molar-refractivity contribution < 1.29 is 13.2 Å². The maximum Gasteiger partial charge on any atom is 0.240 e. The summed E-state index contributed by atoms with van der Waals surface area (Å²) in [5, 5.41) is 0. The van der Waals surface area contributed by atoms with Crippen LogP contribution in [-0.4, -0.2) is 52.2 Å². The molecular weight excluding hydrogens is 348 g/mol. The predicted molar refractivity (Wildman–Crippen MR) is 101 cm³/mol. The molecule has 3 fully saturated rings. The van der Waals surface area contributed by atoms with Crippen LogP contribution in [0.1, 0.15) is 38.5 Å². The summed E-state index contributed by atoms with van der Waals surface area (Å²) >= 11 is 0. The van der Waals surface area contributed by atoms with E-state index in [4.69, 9.17) is 4.74 Å². The molecule has 26 heavy (non-hydrogen) atoms. The van der Waals surface area contributed by atoms with Gasteiger partial charge in [0.2, 0.25) is 10.0 Å². The second-order valence-electron chi connectivity index (χ2n) is 8.24.